The Morgan fingerprint density at radius 1 is 0.926 bits per heavy atom. The molecule has 1 aliphatic rings. The van der Waals surface area contributed by atoms with E-state index in [0.29, 0.717) is 0 Å². The number of ketones is 1. The molecule has 4 aromatic rings. The van der Waals surface area contributed by atoms with E-state index in [9.17, 15) is 4.79 Å². The van der Waals surface area contributed by atoms with Gasteiger partial charge in [-0.3, -0.25) is 4.79 Å². The average Bonchev–Trinajstić information content (AvgIpc) is 3.41. The number of hydrogen-bond acceptors (Lipinski definition) is 4. The second-order valence-electron chi connectivity index (χ2n) is 7.07. The van der Waals surface area contributed by atoms with Gasteiger partial charge < -0.3 is 0 Å². The fourth-order valence-corrected chi connectivity index (χ4v) is 5.05. The molecule has 1 fully saturated rings. The Morgan fingerprint density at radius 2 is 1.63 bits per heavy atom. The van der Waals surface area contributed by atoms with Crippen molar-refractivity contribution in [1.82, 2.24) is 9.97 Å². The van der Waals surface area contributed by atoms with E-state index in [2.05, 4.69) is 29.2 Å². The summed E-state index contributed by atoms with van der Waals surface area (Å²) in [6.45, 7) is 0. The Hall–Kier alpha value is -2.85. The minimum Gasteiger partial charge on any atom is -0.293 e. The molecular formula is C23H18N2OS. The van der Waals surface area contributed by atoms with Crippen molar-refractivity contribution < 1.29 is 4.79 Å². The van der Waals surface area contributed by atoms with Crippen molar-refractivity contribution >= 4 is 27.5 Å². The van der Waals surface area contributed by atoms with Gasteiger partial charge in [0.05, 0.1) is 5.92 Å². The molecule has 1 aliphatic carbocycles. The Labute approximate surface area is 161 Å². The quantitative estimate of drug-likeness (QED) is 0.442. The third-order valence-electron chi connectivity index (χ3n) is 5.44. The normalized spacial score (nSPS) is 16.1. The van der Waals surface area contributed by atoms with Crippen LogP contribution in [-0.4, -0.2) is 15.8 Å². The molecule has 4 heteroatoms. The van der Waals surface area contributed by atoms with Crippen molar-refractivity contribution in [3.05, 3.63) is 95.1 Å². The van der Waals surface area contributed by atoms with Crippen molar-refractivity contribution in [2.75, 3.05) is 0 Å². The van der Waals surface area contributed by atoms with Gasteiger partial charge in [-0.1, -0.05) is 72.0 Å². The molecule has 27 heavy (non-hydrogen) atoms. The topological polar surface area (TPSA) is 42.9 Å². The van der Waals surface area contributed by atoms with Crippen molar-refractivity contribution in [3.63, 3.8) is 0 Å². The molecule has 1 unspecified atom stereocenters. The van der Waals surface area contributed by atoms with Crippen LogP contribution in [0.15, 0.2) is 79.0 Å². The number of benzene rings is 2. The number of rotatable bonds is 5. The molecule has 132 valence electrons. The lowest BCUT2D eigenvalue weighted by Crippen LogP contribution is -2.26. The van der Waals surface area contributed by atoms with E-state index in [0.717, 1.165) is 33.8 Å². The fraction of sp³-hybridized carbons (Fsp3) is 0.174. The Bertz CT molecular complexity index is 1070. The van der Waals surface area contributed by atoms with Crippen LogP contribution in [-0.2, 0) is 5.41 Å². The van der Waals surface area contributed by atoms with Crippen LogP contribution in [0.4, 0.5) is 0 Å². The first kappa shape index (κ1) is 16.3. The largest absolute Gasteiger partial charge is 0.293 e. The zero-order valence-electron chi connectivity index (χ0n) is 14.7. The number of Topliss-reactive ketones (excluding diaryl/α,β-unsaturated/α-hetero) is 1. The summed E-state index contributed by atoms with van der Waals surface area (Å²) in [5.74, 6) is -0.127. The van der Waals surface area contributed by atoms with E-state index in [1.165, 1.54) is 5.56 Å². The summed E-state index contributed by atoms with van der Waals surface area (Å²) >= 11 is 1.55. The van der Waals surface area contributed by atoms with Gasteiger partial charge in [0, 0.05) is 17.2 Å². The van der Waals surface area contributed by atoms with Gasteiger partial charge >= 0.3 is 0 Å². The molecule has 0 aliphatic heterocycles. The molecule has 1 atom stereocenters. The van der Waals surface area contributed by atoms with E-state index < -0.39 is 0 Å². The summed E-state index contributed by atoms with van der Waals surface area (Å²) in [4.78, 5) is 23.8. The lowest BCUT2D eigenvalue weighted by molar-refractivity contribution is 0.0940. The van der Waals surface area contributed by atoms with Crippen LogP contribution in [0.25, 0.3) is 10.3 Å². The number of thiazole rings is 1. The molecule has 0 amide bonds. The highest BCUT2D eigenvalue weighted by atomic mass is 32.1. The summed E-state index contributed by atoms with van der Waals surface area (Å²) in [6, 6.07) is 23.9. The molecule has 2 aromatic heterocycles. The SMILES string of the molecule is O=C(c1ccccc1)C(c1nc2cccnc2s1)C1(c2ccccc2)CC1. The first-order valence-corrected chi connectivity index (χ1v) is 9.96. The number of fused-ring (bicyclic) bond motifs is 1. The number of carbonyl (C=O) groups is 1. The van der Waals surface area contributed by atoms with Gasteiger partial charge in [-0.25, -0.2) is 9.97 Å². The van der Waals surface area contributed by atoms with E-state index in [-0.39, 0.29) is 17.1 Å². The third-order valence-corrected chi connectivity index (χ3v) is 6.48. The Balaban J connectivity index is 1.67. The average molecular weight is 370 g/mol. The minimum atomic E-state index is -0.276. The Kier molecular flexibility index (Phi) is 3.87. The van der Waals surface area contributed by atoms with Crippen LogP contribution >= 0.6 is 11.3 Å². The molecule has 0 N–H and O–H groups in total. The summed E-state index contributed by atoms with van der Waals surface area (Å²) < 4.78 is 0. The molecule has 2 heterocycles. The van der Waals surface area contributed by atoms with Gasteiger partial charge in [0.1, 0.15) is 15.4 Å². The van der Waals surface area contributed by atoms with Crippen molar-refractivity contribution in [3.8, 4) is 0 Å². The Morgan fingerprint density at radius 3 is 2.30 bits per heavy atom. The van der Waals surface area contributed by atoms with Crippen LogP contribution in [0.5, 0.6) is 0 Å². The van der Waals surface area contributed by atoms with E-state index >= 15 is 0 Å². The zero-order chi connectivity index (χ0) is 18.3. The highest BCUT2D eigenvalue weighted by Gasteiger charge is 2.55. The summed E-state index contributed by atoms with van der Waals surface area (Å²) in [5.41, 5.74) is 2.68. The second kappa shape index (κ2) is 6.39. The van der Waals surface area contributed by atoms with Gasteiger partial charge in [0.2, 0.25) is 0 Å². The predicted molar refractivity (Wildman–Crippen MR) is 108 cm³/mol. The van der Waals surface area contributed by atoms with Crippen LogP contribution in [0, 0.1) is 0 Å². The molecular weight excluding hydrogens is 352 g/mol. The molecule has 1 saturated carbocycles. The lowest BCUT2D eigenvalue weighted by atomic mass is 9.78. The summed E-state index contributed by atoms with van der Waals surface area (Å²) in [5, 5.41) is 0.874. The maximum atomic E-state index is 13.6. The summed E-state index contributed by atoms with van der Waals surface area (Å²) in [6.07, 6.45) is 3.79. The van der Waals surface area contributed by atoms with E-state index in [1.807, 2.05) is 48.5 Å². The van der Waals surface area contributed by atoms with Crippen molar-refractivity contribution in [1.29, 1.82) is 0 Å². The molecule has 0 saturated heterocycles. The third kappa shape index (κ3) is 2.77. The summed E-state index contributed by atoms with van der Waals surface area (Å²) in [7, 11) is 0. The molecule has 0 radical (unpaired) electrons. The van der Waals surface area contributed by atoms with Crippen molar-refractivity contribution in [2.24, 2.45) is 0 Å². The van der Waals surface area contributed by atoms with Crippen LogP contribution in [0.1, 0.15) is 39.7 Å². The molecule has 0 spiro atoms. The maximum absolute atomic E-state index is 13.6. The van der Waals surface area contributed by atoms with Gasteiger partial charge in [0.25, 0.3) is 0 Å². The first-order chi connectivity index (χ1) is 13.3. The molecule has 2 aromatic carbocycles. The smallest absolute Gasteiger partial charge is 0.173 e. The van der Waals surface area contributed by atoms with Crippen LogP contribution < -0.4 is 0 Å². The van der Waals surface area contributed by atoms with Gasteiger partial charge in [-0.05, 0) is 30.5 Å². The van der Waals surface area contributed by atoms with Crippen molar-refractivity contribution in [2.45, 2.75) is 24.2 Å². The number of nitrogens with zero attached hydrogens (tertiary/aromatic N) is 2. The monoisotopic (exact) mass is 370 g/mol. The zero-order valence-corrected chi connectivity index (χ0v) is 15.5. The highest BCUT2D eigenvalue weighted by molar-refractivity contribution is 7.18. The van der Waals surface area contributed by atoms with E-state index in [1.54, 1.807) is 17.5 Å². The lowest BCUT2D eigenvalue weighted by Gasteiger charge is -2.25. The number of aromatic nitrogens is 2. The fourth-order valence-electron chi connectivity index (χ4n) is 3.93. The standard InChI is InChI=1S/C23H18N2OS/c26-20(16-8-3-1-4-9-16)19(22-25-18-12-7-15-24-21(18)27-22)23(13-14-23)17-10-5-2-6-11-17/h1-12,15,19H,13-14H2. The predicted octanol–water partition coefficient (Wildman–Crippen LogP) is 5.39. The second-order valence-corrected chi connectivity index (χ2v) is 8.07. The van der Waals surface area contributed by atoms with Crippen LogP contribution in [0.2, 0.25) is 0 Å². The number of hydrogen-bond donors (Lipinski definition) is 0. The van der Waals surface area contributed by atoms with Gasteiger partial charge in [-0.15, -0.1) is 0 Å². The maximum Gasteiger partial charge on any atom is 0.173 e. The minimum absolute atomic E-state index is 0.149. The molecule has 0 bridgehead atoms. The van der Waals surface area contributed by atoms with Crippen LogP contribution in [0.3, 0.4) is 0 Å². The first-order valence-electron chi connectivity index (χ1n) is 9.14. The van der Waals surface area contributed by atoms with E-state index in [4.69, 9.17) is 4.98 Å². The molecule has 5 rings (SSSR count). The van der Waals surface area contributed by atoms with Gasteiger partial charge in [0.15, 0.2) is 5.78 Å². The molecule has 3 nitrogen and oxygen atoms in total. The number of pyridine rings is 1. The highest BCUT2D eigenvalue weighted by Crippen LogP contribution is 2.59. The van der Waals surface area contributed by atoms with Gasteiger partial charge in [-0.2, -0.15) is 0 Å². The number of carbonyl (C=O) groups excluding carboxylic acids is 1.